The molecule has 1 saturated heterocycles. The molecule has 1 aromatic rings. The lowest BCUT2D eigenvalue weighted by molar-refractivity contribution is 0.249. The van der Waals surface area contributed by atoms with E-state index >= 15 is 0 Å². The number of aryl methyl sites for hydroxylation is 1. The lowest BCUT2D eigenvalue weighted by Gasteiger charge is -2.36. The second kappa shape index (κ2) is 6.06. The number of halogens is 1. The third kappa shape index (κ3) is 3.18. The van der Waals surface area contributed by atoms with Crippen molar-refractivity contribution in [2.24, 2.45) is 0 Å². The molecule has 1 aliphatic rings. The standard InChI is InChI=1S/C14H23ClN4/c1-5-12-16-13(15)10(2)14(17-12)19-8-6-11(7-9-19)18(3)4/h11H,5-9H2,1-4H3. The molecule has 0 amide bonds. The van der Waals surface area contributed by atoms with Crippen molar-refractivity contribution in [3.63, 3.8) is 0 Å². The van der Waals surface area contributed by atoms with E-state index in [1.165, 1.54) is 12.8 Å². The van der Waals surface area contributed by atoms with Crippen molar-refractivity contribution in [1.29, 1.82) is 0 Å². The van der Waals surface area contributed by atoms with Crippen LogP contribution in [0.1, 0.15) is 31.2 Å². The molecular weight excluding hydrogens is 260 g/mol. The van der Waals surface area contributed by atoms with Crippen LogP contribution in [-0.2, 0) is 6.42 Å². The van der Waals surface area contributed by atoms with Gasteiger partial charge in [-0.2, -0.15) is 0 Å². The van der Waals surface area contributed by atoms with E-state index in [1.807, 2.05) is 6.92 Å². The number of nitrogens with zero attached hydrogens (tertiary/aromatic N) is 4. The Balaban J connectivity index is 2.17. The minimum Gasteiger partial charge on any atom is -0.356 e. The highest BCUT2D eigenvalue weighted by atomic mass is 35.5. The van der Waals surface area contributed by atoms with Crippen LogP contribution in [0.25, 0.3) is 0 Å². The van der Waals surface area contributed by atoms with Gasteiger partial charge in [0.25, 0.3) is 0 Å². The molecule has 1 fully saturated rings. The maximum atomic E-state index is 6.21. The quantitative estimate of drug-likeness (QED) is 0.798. The van der Waals surface area contributed by atoms with Gasteiger partial charge in [-0.25, -0.2) is 9.97 Å². The highest BCUT2D eigenvalue weighted by Crippen LogP contribution is 2.27. The maximum Gasteiger partial charge on any atom is 0.137 e. The summed E-state index contributed by atoms with van der Waals surface area (Å²) in [6, 6.07) is 0.680. The molecule has 0 atom stereocenters. The van der Waals surface area contributed by atoms with Crippen LogP contribution in [-0.4, -0.2) is 48.1 Å². The summed E-state index contributed by atoms with van der Waals surface area (Å²) >= 11 is 6.21. The zero-order valence-electron chi connectivity index (χ0n) is 12.3. The van der Waals surface area contributed by atoms with Gasteiger partial charge in [0.05, 0.1) is 0 Å². The van der Waals surface area contributed by atoms with Crippen LogP contribution in [0.3, 0.4) is 0 Å². The number of rotatable bonds is 3. The Bertz CT molecular complexity index is 439. The van der Waals surface area contributed by atoms with Crippen molar-refractivity contribution in [3.8, 4) is 0 Å². The molecule has 106 valence electrons. The average Bonchev–Trinajstić information content (AvgIpc) is 2.41. The summed E-state index contributed by atoms with van der Waals surface area (Å²) in [5.41, 5.74) is 1.00. The molecule has 0 aromatic carbocycles. The van der Waals surface area contributed by atoms with Crippen molar-refractivity contribution >= 4 is 17.4 Å². The Morgan fingerprint density at radius 3 is 2.42 bits per heavy atom. The Labute approximate surface area is 120 Å². The largest absolute Gasteiger partial charge is 0.356 e. The van der Waals surface area contributed by atoms with Gasteiger partial charge in [-0.1, -0.05) is 18.5 Å². The average molecular weight is 283 g/mol. The Morgan fingerprint density at radius 2 is 1.89 bits per heavy atom. The molecule has 4 nitrogen and oxygen atoms in total. The van der Waals surface area contributed by atoms with Crippen LogP contribution in [0.4, 0.5) is 5.82 Å². The highest BCUT2D eigenvalue weighted by Gasteiger charge is 2.23. The zero-order valence-corrected chi connectivity index (χ0v) is 13.0. The van der Waals surface area contributed by atoms with E-state index in [0.717, 1.165) is 36.7 Å². The van der Waals surface area contributed by atoms with Crippen molar-refractivity contribution in [1.82, 2.24) is 14.9 Å². The van der Waals surface area contributed by atoms with Gasteiger partial charge in [-0.15, -0.1) is 0 Å². The molecule has 0 aliphatic carbocycles. The molecule has 19 heavy (non-hydrogen) atoms. The summed E-state index contributed by atoms with van der Waals surface area (Å²) in [5, 5.41) is 0.594. The fourth-order valence-electron chi connectivity index (χ4n) is 2.58. The number of hydrogen-bond donors (Lipinski definition) is 0. The second-order valence-electron chi connectivity index (χ2n) is 5.41. The first kappa shape index (κ1) is 14.5. The van der Waals surface area contributed by atoms with Crippen LogP contribution in [0.5, 0.6) is 0 Å². The number of piperidine rings is 1. The molecule has 2 rings (SSSR count). The molecule has 0 radical (unpaired) electrons. The van der Waals surface area contributed by atoms with Gasteiger partial charge < -0.3 is 9.80 Å². The first-order valence-corrected chi connectivity index (χ1v) is 7.35. The summed E-state index contributed by atoms with van der Waals surface area (Å²) in [5.74, 6) is 1.86. The third-order valence-corrected chi connectivity index (χ3v) is 4.29. The van der Waals surface area contributed by atoms with E-state index in [4.69, 9.17) is 11.6 Å². The summed E-state index contributed by atoms with van der Waals surface area (Å²) in [6.45, 7) is 6.15. The van der Waals surface area contributed by atoms with Crippen molar-refractivity contribution in [3.05, 3.63) is 16.5 Å². The van der Waals surface area contributed by atoms with Gasteiger partial charge in [0.15, 0.2) is 0 Å². The van der Waals surface area contributed by atoms with Gasteiger partial charge in [0.2, 0.25) is 0 Å². The molecule has 1 aromatic heterocycles. The van der Waals surface area contributed by atoms with Crippen LogP contribution in [0.2, 0.25) is 5.15 Å². The van der Waals surface area contributed by atoms with Crippen molar-refractivity contribution < 1.29 is 0 Å². The molecule has 0 saturated carbocycles. The maximum absolute atomic E-state index is 6.21. The number of anilines is 1. The Hall–Kier alpha value is -0.870. The molecule has 0 spiro atoms. The van der Waals surface area contributed by atoms with E-state index < -0.39 is 0 Å². The number of hydrogen-bond acceptors (Lipinski definition) is 4. The molecule has 5 heteroatoms. The first-order chi connectivity index (χ1) is 9.02. The second-order valence-corrected chi connectivity index (χ2v) is 5.77. The monoisotopic (exact) mass is 282 g/mol. The first-order valence-electron chi connectivity index (χ1n) is 6.97. The lowest BCUT2D eigenvalue weighted by Crippen LogP contribution is -2.42. The van der Waals surface area contributed by atoms with E-state index in [0.29, 0.717) is 11.2 Å². The Kier molecular flexibility index (Phi) is 4.63. The van der Waals surface area contributed by atoms with Crippen molar-refractivity contribution in [2.45, 2.75) is 39.2 Å². The van der Waals surface area contributed by atoms with E-state index in [-0.39, 0.29) is 0 Å². The molecule has 0 unspecified atom stereocenters. The van der Waals surface area contributed by atoms with Crippen LogP contribution in [0.15, 0.2) is 0 Å². The van der Waals surface area contributed by atoms with Crippen LogP contribution in [0, 0.1) is 6.92 Å². The molecule has 1 aliphatic heterocycles. The molecular formula is C14H23ClN4. The highest BCUT2D eigenvalue weighted by molar-refractivity contribution is 6.30. The minimum atomic E-state index is 0.594. The summed E-state index contributed by atoms with van der Waals surface area (Å²) in [6.07, 6.45) is 3.17. The van der Waals surface area contributed by atoms with Gasteiger partial charge in [-0.3, -0.25) is 0 Å². The predicted octanol–water partition coefficient (Wildman–Crippen LogP) is 2.53. The topological polar surface area (TPSA) is 32.3 Å². The SMILES string of the molecule is CCc1nc(Cl)c(C)c(N2CCC(N(C)C)CC2)n1. The van der Waals surface area contributed by atoms with Gasteiger partial charge in [0.1, 0.15) is 16.8 Å². The van der Waals surface area contributed by atoms with Gasteiger partial charge in [0, 0.05) is 31.1 Å². The molecule has 2 heterocycles. The van der Waals surface area contributed by atoms with E-state index in [9.17, 15) is 0 Å². The molecule has 0 bridgehead atoms. The summed E-state index contributed by atoms with van der Waals surface area (Å²) in [7, 11) is 4.31. The minimum absolute atomic E-state index is 0.594. The fourth-order valence-corrected chi connectivity index (χ4v) is 2.76. The van der Waals surface area contributed by atoms with Gasteiger partial charge in [-0.05, 0) is 33.9 Å². The fraction of sp³-hybridized carbons (Fsp3) is 0.714. The van der Waals surface area contributed by atoms with Crippen molar-refractivity contribution in [2.75, 3.05) is 32.1 Å². The van der Waals surface area contributed by atoms with Crippen LogP contribution < -0.4 is 4.90 Å². The molecule has 0 N–H and O–H groups in total. The number of aromatic nitrogens is 2. The smallest absolute Gasteiger partial charge is 0.137 e. The predicted molar refractivity (Wildman–Crippen MR) is 80.1 cm³/mol. The third-order valence-electron chi connectivity index (χ3n) is 3.92. The zero-order chi connectivity index (χ0) is 14.0. The van der Waals surface area contributed by atoms with E-state index in [1.54, 1.807) is 0 Å². The Morgan fingerprint density at radius 1 is 1.26 bits per heavy atom. The van der Waals surface area contributed by atoms with E-state index in [2.05, 4.69) is 40.8 Å². The summed E-state index contributed by atoms with van der Waals surface area (Å²) < 4.78 is 0. The normalized spacial score (nSPS) is 17.3. The lowest BCUT2D eigenvalue weighted by atomic mass is 10.0. The van der Waals surface area contributed by atoms with Gasteiger partial charge >= 0.3 is 0 Å². The van der Waals surface area contributed by atoms with Crippen LogP contribution >= 0.6 is 11.6 Å². The summed E-state index contributed by atoms with van der Waals surface area (Å²) in [4.78, 5) is 13.6.